The molecule has 3 rings (SSSR count). The van der Waals surface area contributed by atoms with Crippen molar-refractivity contribution in [2.45, 2.75) is 26.5 Å². The maximum atomic E-state index is 12.8. The van der Waals surface area contributed by atoms with Crippen LogP contribution in [-0.4, -0.2) is 34.7 Å². The molecule has 0 spiro atoms. The van der Waals surface area contributed by atoms with Crippen LogP contribution in [0.3, 0.4) is 0 Å². The summed E-state index contributed by atoms with van der Waals surface area (Å²) in [6, 6.07) is 12.1. The van der Waals surface area contributed by atoms with E-state index < -0.39 is 23.2 Å². The molecule has 0 unspecified atom stereocenters. The fourth-order valence-corrected chi connectivity index (χ4v) is 6.08. The van der Waals surface area contributed by atoms with E-state index in [4.69, 9.17) is 9.47 Å². The Morgan fingerprint density at radius 1 is 1.24 bits per heavy atom. The van der Waals surface area contributed by atoms with Crippen molar-refractivity contribution in [1.29, 1.82) is 5.26 Å². The number of amides is 2. The Labute approximate surface area is 222 Å². The maximum Gasteiger partial charge on any atom is 0.329 e. The number of carbonyl (C=O) groups excluding carboxylic acids is 3. The molecule has 1 heterocycles. The zero-order valence-electron chi connectivity index (χ0n) is 17.6. The fraction of sp³-hybridized carbons (Fsp3) is 0.217. The zero-order chi connectivity index (χ0) is 24.1. The average Bonchev–Trinajstić information content (AvgIpc) is 3.05. The van der Waals surface area contributed by atoms with Crippen molar-refractivity contribution >= 4 is 80.1 Å². The quantitative estimate of drug-likeness (QED) is 0.221. The van der Waals surface area contributed by atoms with Crippen LogP contribution in [0, 0.1) is 18.5 Å². The highest BCUT2D eigenvalue weighted by Gasteiger charge is 2.41. The van der Waals surface area contributed by atoms with Crippen LogP contribution in [0.4, 0.5) is 4.79 Å². The summed E-state index contributed by atoms with van der Waals surface area (Å²) < 4.78 is 12.6. The molecule has 1 aliphatic rings. The van der Waals surface area contributed by atoms with Crippen LogP contribution in [0.1, 0.15) is 30.5 Å². The lowest BCUT2D eigenvalue weighted by Gasteiger charge is -2.19. The molecule has 1 saturated heterocycles. The third kappa shape index (κ3) is 5.88. The minimum Gasteiger partial charge on any atom is -0.487 e. The third-order valence-corrected chi connectivity index (χ3v) is 7.15. The predicted molar refractivity (Wildman–Crippen MR) is 141 cm³/mol. The Kier molecular flexibility index (Phi) is 8.77. The molecule has 2 amide bonds. The highest BCUT2D eigenvalue weighted by molar-refractivity contribution is 14.1. The summed E-state index contributed by atoms with van der Waals surface area (Å²) >= 11 is 5.08. The van der Waals surface area contributed by atoms with Gasteiger partial charge in [-0.3, -0.25) is 14.5 Å². The lowest BCUT2D eigenvalue weighted by atomic mass is 10.1. The van der Waals surface area contributed by atoms with Crippen LogP contribution >= 0.6 is 56.9 Å². The highest BCUT2D eigenvalue weighted by atomic mass is 127. The average molecular weight is 688 g/mol. The second-order valence-corrected chi connectivity index (χ2v) is 10.2. The first-order valence-electron chi connectivity index (χ1n) is 9.80. The van der Waals surface area contributed by atoms with E-state index in [0.717, 1.165) is 34.9 Å². The van der Waals surface area contributed by atoms with Gasteiger partial charge < -0.3 is 9.47 Å². The number of esters is 1. The molecule has 7 nitrogen and oxygen atoms in total. The van der Waals surface area contributed by atoms with Crippen molar-refractivity contribution < 1.29 is 23.9 Å². The molecule has 0 aromatic heterocycles. The van der Waals surface area contributed by atoms with Crippen molar-refractivity contribution in [2.75, 3.05) is 6.61 Å². The Morgan fingerprint density at radius 2 is 1.91 bits per heavy atom. The number of thioether (sulfide) groups is 1. The first-order chi connectivity index (χ1) is 15.8. The molecule has 0 aliphatic carbocycles. The lowest BCUT2D eigenvalue weighted by molar-refractivity contribution is -0.150. The number of nitriles is 1. The van der Waals surface area contributed by atoms with Gasteiger partial charge in [-0.15, -0.1) is 0 Å². The van der Waals surface area contributed by atoms with E-state index in [1.54, 1.807) is 25.1 Å². The van der Waals surface area contributed by atoms with Crippen molar-refractivity contribution in [3.63, 3.8) is 0 Å². The first kappa shape index (κ1) is 25.5. The molecule has 0 radical (unpaired) electrons. The minimum atomic E-state index is -0.990. The van der Waals surface area contributed by atoms with Crippen LogP contribution in [0.2, 0.25) is 0 Å². The molecule has 10 heteroatoms. The number of imide groups is 1. The van der Waals surface area contributed by atoms with Crippen molar-refractivity contribution in [1.82, 2.24) is 4.90 Å². The number of rotatable bonds is 7. The van der Waals surface area contributed by atoms with E-state index >= 15 is 0 Å². The molecular formula is C23H18I2N2O5S. The summed E-state index contributed by atoms with van der Waals surface area (Å²) in [5, 5.41) is 8.74. The van der Waals surface area contributed by atoms with Gasteiger partial charge in [0.2, 0.25) is 0 Å². The Hall–Kier alpha value is -2.11. The lowest BCUT2D eigenvalue weighted by Crippen LogP contribution is -2.42. The summed E-state index contributed by atoms with van der Waals surface area (Å²) in [4.78, 5) is 38.3. The first-order valence-corrected chi connectivity index (χ1v) is 12.8. The van der Waals surface area contributed by atoms with Gasteiger partial charge in [-0.1, -0.05) is 18.2 Å². The van der Waals surface area contributed by atoms with Gasteiger partial charge in [0, 0.05) is 5.56 Å². The number of nitrogens with zero attached hydrogens (tertiary/aromatic N) is 2. The molecule has 0 N–H and O–H groups in total. The number of hydrogen-bond donors (Lipinski definition) is 0. The Balaban J connectivity index is 1.80. The molecule has 2 aromatic rings. The number of carbonyl (C=O) groups is 3. The molecule has 1 aliphatic heterocycles. The van der Waals surface area contributed by atoms with Crippen molar-refractivity contribution in [2.24, 2.45) is 0 Å². The molecule has 0 bridgehead atoms. The maximum absolute atomic E-state index is 12.8. The molecule has 0 saturated carbocycles. The zero-order valence-corrected chi connectivity index (χ0v) is 22.8. The molecule has 1 atom stereocenters. The van der Waals surface area contributed by atoms with Gasteiger partial charge in [0.05, 0.1) is 30.3 Å². The van der Waals surface area contributed by atoms with Gasteiger partial charge in [0.15, 0.2) is 0 Å². The fourth-order valence-electron chi connectivity index (χ4n) is 3.04. The molecule has 2 aromatic carbocycles. The van der Waals surface area contributed by atoms with Crippen LogP contribution in [0.25, 0.3) is 6.08 Å². The van der Waals surface area contributed by atoms with Crippen molar-refractivity contribution in [3.05, 3.63) is 65.1 Å². The highest BCUT2D eigenvalue weighted by Crippen LogP contribution is 2.36. The topological polar surface area (TPSA) is 96.7 Å². The molecule has 33 heavy (non-hydrogen) atoms. The van der Waals surface area contributed by atoms with Gasteiger partial charge in [-0.2, -0.15) is 5.26 Å². The molecular weight excluding hydrogens is 670 g/mol. The summed E-state index contributed by atoms with van der Waals surface area (Å²) in [5.74, 6) is -0.473. The number of benzene rings is 2. The van der Waals surface area contributed by atoms with Crippen LogP contribution in [0.5, 0.6) is 5.75 Å². The van der Waals surface area contributed by atoms with E-state index in [9.17, 15) is 19.6 Å². The number of hydrogen-bond acceptors (Lipinski definition) is 7. The van der Waals surface area contributed by atoms with E-state index in [-0.39, 0.29) is 18.1 Å². The summed E-state index contributed by atoms with van der Waals surface area (Å²) in [6.45, 7) is 3.55. The van der Waals surface area contributed by atoms with Crippen LogP contribution in [-0.2, 0) is 20.9 Å². The Morgan fingerprint density at radius 3 is 2.55 bits per heavy atom. The summed E-state index contributed by atoms with van der Waals surface area (Å²) in [5.41, 5.74) is 2.08. The predicted octanol–water partition coefficient (Wildman–Crippen LogP) is 5.33. The van der Waals surface area contributed by atoms with Gasteiger partial charge >= 0.3 is 5.97 Å². The second-order valence-electron chi connectivity index (χ2n) is 6.85. The molecule has 1 fully saturated rings. The van der Waals surface area contributed by atoms with E-state index in [1.165, 1.54) is 6.92 Å². The van der Waals surface area contributed by atoms with E-state index in [0.29, 0.717) is 11.3 Å². The number of halogens is 2. The SMILES string of the molecule is CCOC(=O)[C@H](C)N1C(=O)S/C(=C/c2cc(I)c(OCc3ccccc3C#N)c(I)c2)C1=O. The Bertz CT molecular complexity index is 1170. The third-order valence-electron chi connectivity index (χ3n) is 4.67. The number of ether oxygens (including phenoxy) is 2. The van der Waals surface area contributed by atoms with E-state index in [1.807, 2.05) is 24.3 Å². The van der Waals surface area contributed by atoms with Gasteiger partial charge in [0.25, 0.3) is 11.1 Å². The van der Waals surface area contributed by atoms with Gasteiger partial charge in [-0.05, 0) is 101 Å². The summed E-state index contributed by atoms with van der Waals surface area (Å²) in [6.07, 6.45) is 1.63. The van der Waals surface area contributed by atoms with E-state index in [2.05, 4.69) is 51.3 Å². The smallest absolute Gasteiger partial charge is 0.329 e. The van der Waals surface area contributed by atoms with Crippen LogP contribution in [0.15, 0.2) is 41.3 Å². The van der Waals surface area contributed by atoms with Crippen LogP contribution < -0.4 is 4.74 Å². The minimum absolute atomic E-state index is 0.169. The van der Waals surface area contributed by atoms with Gasteiger partial charge in [0.1, 0.15) is 18.4 Å². The normalized spacial score (nSPS) is 15.5. The van der Waals surface area contributed by atoms with Gasteiger partial charge in [-0.25, -0.2) is 4.79 Å². The standard InChI is InChI=1S/C23H18I2N2O5S/c1-3-31-22(29)13(2)27-21(28)19(33-23(27)30)10-14-8-17(24)20(18(25)9-14)32-12-16-7-5-4-6-15(16)11-26/h4-10,13H,3,12H2,1-2H3/b19-10+/t13-/m0/s1. The van der Waals surface area contributed by atoms with Crippen molar-refractivity contribution in [3.8, 4) is 11.8 Å². The summed E-state index contributed by atoms with van der Waals surface area (Å²) in [7, 11) is 0. The monoisotopic (exact) mass is 688 g/mol. The second kappa shape index (κ2) is 11.3. The molecule has 170 valence electrons. The largest absolute Gasteiger partial charge is 0.487 e.